The maximum Gasteiger partial charge on any atom is 0.0346 e. The minimum absolute atomic E-state index is 0.711. The number of likely N-dealkylation sites (tertiary alicyclic amines) is 1. The van der Waals surface area contributed by atoms with Crippen LogP contribution >= 0.6 is 0 Å². The van der Waals surface area contributed by atoms with Crippen molar-refractivity contribution in [2.24, 2.45) is 0 Å². The number of nitrogens with two attached hydrogens (primary N) is 1. The van der Waals surface area contributed by atoms with Crippen LogP contribution in [0.3, 0.4) is 0 Å². The van der Waals surface area contributed by atoms with E-state index < -0.39 is 0 Å². The van der Waals surface area contributed by atoms with Gasteiger partial charge in [-0.1, -0.05) is 19.1 Å². The van der Waals surface area contributed by atoms with E-state index in [1.165, 1.54) is 30.4 Å². The number of hydrogen-bond acceptors (Lipinski definition) is 2. The second-order valence-electron chi connectivity index (χ2n) is 5.35. The maximum atomic E-state index is 5.98. The highest BCUT2D eigenvalue weighted by molar-refractivity contribution is 5.48. The van der Waals surface area contributed by atoms with E-state index in [1.54, 1.807) is 0 Å². The fourth-order valence-electron chi connectivity index (χ4n) is 2.85. The molecule has 1 aromatic carbocycles. The molecule has 0 radical (unpaired) electrons. The molecule has 94 valence electrons. The molecule has 2 heteroatoms. The minimum Gasteiger partial charge on any atom is -0.399 e. The molecule has 1 aliphatic heterocycles. The average molecular weight is 232 g/mol. The molecular weight excluding hydrogens is 208 g/mol. The summed E-state index contributed by atoms with van der Waals surface area (Å²) in [7, 11) is 0. The lowest BCUT2D eigenvalue weighted by atomic mass is 10.1. The molecule has 0 aromatic heterocycles. The van der Waals surface area contributed by atoms with Crippen molar-refractivity contribution in [2.45, 2.75) is 58.7 Å². The molecule has 17 heavy (non-hydrogen) atoms. The van der Waals surface area contributed by atoms with Crippen LogP contribution in [0.1, 0.15) is 44.2 Å². The van der Waals surface area contributed by atoms with Crippen molar-refractivity contribution in [3.8, 4) is 0 Å². The molecule has 1 fully saturated rings. The molecule has 2 unspecified atom stereocenters. The fourth-order valence-corrected chi connectivity index (χ4v) is 2.85. The van der Waals surface area contributed by atoms with Gasteiger partial charge in [-0.15, -0.1) is 0 Å². The number of nitrogens with zero attached hydrogens (tertiary/aromatic N) is 1. The minimum atomic E-state index is 0.711. The van der Waals surface area contributed by atoms with Crippen LogP contribution in [0.2, 0.25) is 0 Å². The van der Waals surface area contributed by atoms with Crippen molar-refractivity contribution < 1.29 is 0 Å². The first-order valence-electron chi connectivity index (χ1n) is 6.72. The van der Waals surface area contributed by atoms with E-state index in [0.29, 0.717) is 6.04 Å². The van der Waals surface area contributed by atoms with E-state index >= 15 is 0 Å². The second kappa shape index (κ2) is 5.09. The van der Waals surface area contributed by atoms with Crippen LogP contribution in [-0.2, 0) is 6.54 Å². The highest BCUT2D eigenvalue weighted by atomic mass is 15.2. The summed E-state index contributed by atoms with van der Waals surface area (Å²) in [6.45, 7) is 7.74. The zero-order valence-corrected chi connectivity index (χ0v) is 11.2. The van der Waals surface area contributed by atoms with Gasteiger partial charge >= 0.3 is 0 Å². The molecule has 1 saturated heterocycles. The Morgan fingerprint density at radius 1 is 1.35 bits per heavy atom. The van der Waals surface area contributed by atoms with E-state index in [1.807, 2.05) is 0 Å². The van der Waals surface area contributed by atoms with Gasteiger partial charge in [-0.2, -0.15) is 0 Å². The molecule has 2 atom stereocenters. The fraction of sp³-hybridized carbons (Fsp3) is 0.600. The predicted octanol–water partition coefficient (Wildman–Crippen LogP) is 3.34. The number of rotatable bonds is 3. The highest BCUT2D eigenvalue weighted by Gasteiger charge is 2.28. The van der Waals surface area contributed by atoms with Crippen LogP contribution < -0.4 is 5.73 Å². The van der Waals surface area contributed by atoms with Crippen LogP contribution in [0, 0.1) is 6.92 Å². The lowest BCUT2D eigenvalue weighted by molar-refractivity contribution is 0.189. The first kappa shape index (κ1) is 12.4. The first-order chi connectivity index (χ1) is 8.11. The second-order valence-corrected chi connectivity index (χ2v) is 5.35. The summed E-state index contributed by atoms with van der Waals surface area (Å²) in [5.74, 6) is 0. The van der Waals surface area contributed by atoms with E-state index in [0.717, 1.165) is 18.3 Å². The maximum absolute atomic E-state index is 5.98. The topological polar surface area (TPSA) is 29.3 Å². The number of aryl methyl sites for hydroxylation is 1. The summed E-state index contributed by atoms with van der Waals surface area (Å²) in [4.78, 5) is 2.63. The molecule has 1 aliphatic rings. The normalized spacial score (nSPS) is 25.4. The largest absolute Gasteiger partial charge is 0.399 e. The van der Waals surface area contributed by atoms with Crippen LogP contribution in [0.15, 0.2) is 18.2 Å². The number of nitrogen functional groups attached to an aromatic ring is 1. The smallest absolute Gasteiger partial charge is 0.0346 e. The van der Waals surface area contributed by atoms with Gasteiger partial charge in [-0.05, 0) is 50.3 Å². The van der Waals surface area contributed by atoms with Crippen molar-refractivity contribution in [3.63, 3.8) is 0 Å². The molecule has 0 bridgehead atoms. The number of hydrogen-bond donors (Lipinski definition) is 1. The zero-order valence-electron chi connectivity index (χ0n) is 11.2. The molecule has 2 rings (SSSR count). The van der Waals surface area contributed by atoms with Crippen LogP contribution in [0.5, 0.6) is 0 Å². The lowest BCUT2D eigenvalue weighted by Gasteiger charge is -2.27. The first-order valence-corrected chi connectivity index (χ1v) is 6.72. The van der Waals surface area contributed by atoms with Gasteiger partial charge in [0.1, 0.15) is 0 Å². The van der Waals surface area contributed by atoms with E-state index in [-0.39, 0.29) is 0 Å². The predicted molar refractivity (Wildman–Crippen MR) is 73.9 cm³/mol. The average Bonchev–Trinajstić information content (AvgIpc) is 2.65. The van der Waals surface area contributed by atoms with Gasteiger partial charge < -0.3 is 5.73 Å². The van der Waals surface area contributed by atoms with Crippen LogP contribution in [-0.4, -0.2) is 17.0 Å². The molecule has 1 aromatic rings. The zero-order chi connectivity index (χ0) is 12.4. The quantitative estimate of drug-likeness (QED) is 0.810. The molecule has 1 heterocycles. The summed E-state index contributed by atoms with van der Waals surface area (Å²) >= 11 is 0. The molecule has 0 spiro atoms. The Bertz CT molecular complexity index is 387. The molecule has 2 N–H and O–H groups in total. The van der Waals surface area contributed by atoms with E-state index in [2.05, 4.69) is 43.9 Å². The van der Waals surface area contributed by atoms with Crippen molar-refractivity contribution in [1.29, 1.82) is 0 Å². The molecule has 0 aliphatic carbocycles. The summed E-state index contributed by atoms with van der Waals surface area (Å²) in [5.41, 5.74) is 9.42. The van der Waals surface area contributed by atoms with Gasteiger partial charge in [-0.3, -0.25) is 4.90 Å². The Kier molecular flexibility index (Phi) is 3.72. The summed E-state index contributed by atoms with van der Waals surface area (Å²) in [6, 6.07) is 7.94. The van der Waals surface area contributed by atoms with Gasteiger partial charge in [0, 0.05) is 24.3 Å². The van der Waals surface area contributed by atoms with Crippen molar-refractivity contribution >= 4 is 5.69 Å². The Hall–Kier alpha value is -1.02. The number of benzene rings is 1. The van der Waals surface area contributed by atoms with Gasteiger partial charge in [0.25, 0.3) is 0 Å². The Labute approximate surface area is 105 Å². The van der Waals surface area contributed by atoms with E-state index in [9.17, 15) is 0 Å². The Morgan fingerprint density at radius 2 is 2.12 bits per heavy atom. The Balaban J connectivity index is 2.11. The van der Waals surface area contributed by atoms with Crippen LogP contribution in [0.4, 0.5) is 5.69 Å². The van der Waals surface area contributed by atoms with Gasteiger partial charge in [0.2, 0.25) is 0 Å². The van der Waals surface area contributed by atoms with E-state index in [4.69, 9.17) is 5.73 Å². The highest BCUT2D eigenvalue weighted by Crippen LogP contribution is 2.28. The van der Waals surface area contributed by atoms with Gasteiger partial charge in [0.15, 0.2) is 0 Å². The molecular formula is C15H24N2. The molecule has 2 nitrogen and oxygen atoms in total. The monoisotopic (exact) mass is 232 g/mol. The standard InChI is InChI=1S/C15H24N2/c1-4-14-8-6-12(3)17(14)10-13-7-5-11(2)15(16)9-13/h5,7,9,12,14H,4,6,8,10,16H2,1-3H3. The third kappa shape index (κ3) is 2.63. The molecule has 0 saturated carbocycles. The van der Waals surface area contributed by atoms with Crippen molar-refractivity contribution in [2.75, 3.05) is 5.73 Å². The van der Waals surface area contributed by atoms with Crippen LogP contribution in [0.25, 0.3) is 0 Å². The van der Waals surface area contributed by atoms with Crippen molar-refractivity contribution in [1.82, 2.24) is 4.90 Å². The number of anilines is 1. The van der Waals surface area contributed by atoms with Gasteiger partial charge in [0.05, 0.1) is 0 Å². The van der Waals surface area contributed by atoms with Gasteiger partial charge in [-0.25, -0.2) is 0 Å². The summed E-state index contributed by atoms with van der Waals surface area (Å²) < 4.78 is 0. The summed E-state index contributed by atoms with van der Waals surface area (Å²) in [5, 5.41) is 0. The lowest BCUT2D eigenvalue weighted by Crippen LogP contribution is -2.33. The third-order valence-corrected chi connectivity index (χ3v) is 4.13. The Morgan fingerprint density at radius 3 is 2.76 bits per heavy atom. The summed E-state index contributed by atoms with van der Waals surface area (Å²) in [6.07, 6.45) is 3.94. The van der Waals surface area contributed by atoms with Crippen molar-refractivity contribution in [3.05, 3.63) is 29.3 Å². The molecule has 0 amide bonds. The third-order valence-electron chi connectivity index (χ3n) is 4.13. The SMILES string of the molecule is CCC1CCC(C)N1Cc1ccc(C)c(N)c1.